The van der Waals surface area contributed by atoms with Gasteiger partial charge in [-0.2, -0.15) is 0 Å². The second kappa shape index (κ2) is 5.27. The number of anilines is 1. The number of hydrogen-bond donors (Lipinski definition) is 4. The number of aromatic hydroxyl groups is 1. The average molecular weight is 274 g/mol. The number of benzene rings is 1. The largest absolute Gasteiger partial charge is 0.507 e. The predicted octanol–water partition coefficient (Wildman–Crippen LogP) is 1.03. The standard InChI is InChI=1S/C13H10N2O5/c16-10-3-2-8(5-9(10)13(19)20)15-12(18)7-1-4-11(17)14-6-7/h1-6,16H,(H,14,17)(H,15,18)(H,19,20). The highest BCUT2D eigenvalue weighted by molar-refractivity contribution is 6.04. The molecule has 7 nitrogen and oxygen atoms in total. The maximum atomic E-state index is 11.8. The fraction of sp³-hybridized carbons (Fsp3) is 0. The zero-order valence-corrected chi connectivity index (χ0v) is 10.1. The maximum Gasteiger partial charge on any atom is 0.339 e. The van der Waals surface area contributed by atoms with Gasteiger partial charge in [-0.3, -0.25) is 9.59 Å². The number of aromatic amines is 1. The average Bonchev–Trinajstić information content (AvgIpc) is 2.41. The van der Waals surface area contributed by atoms with Crippen molar-refractivity contribution in [2.24, 2.45) is 0 Å². The van der Waals surface area contributed by atoms with Gasteiger partial charge >= 0.3 is 5.97 Å². The number of carboxylic acids is 1. The quantitative estimate of drug-likeness (QED) is 0.623. The first-order chi connectivity index (χ1) is 9.47. The van der Waals surface area contributed by atoms with Crippen LogP contribution < -0.4 is 10.9 Å². The van der Waals surface area contributed by atoms with Crippen LogP contribution in [0.5, 0.6) is 5.75 Å². The predicted molar refractivity (Wildman–Crippen MR) is 70.1 cm³/mol. The molecule has 0 atom stereocenters. The van der Waals surface area contributed by atoms with Crippen LogP contribution in [0.25, 0.3) is 0 Å². The number of phenols is 1. The number of carboxylic acid groups (broad SMARTS) is 1. The van der Waals surface area contributed by atoms with Crippen LogP contribution >= 0.6 is 0 Å². The molecule has 0 aliphatic carbocycles. The highest BCUT2D eigenvalue weighted by atomic mass is 16.4. The van der Waals surface area contributed by atoms with Crippen molar-refractivity contribution in [1.82, 2.24) is 4.98 Å². The molecule has 0 saturated carbocycles. The molecule has 1 aromatic carbocycles. The molecule has 2 rings (SSSR count). The molecule has 0 fully saturated rings. The normalized spacial score (nSPS) is 10.0. The number of rotatable bonds is 3. The van der Waals surface area contributed by atoms with Crippen molar-refractivity contribution in [2.75, 3.05) is 5.32 Å². The van der Waals surface area contributed by atoms with E-state index in [2.05, 4.69) is 10.3 Å². The number of pyridine rings is 1. The van der Waals surface area contributed by atoms with Crippen LogP contribution in [-0.2, 0) is 0 Å². The first-order valence-electron chi connectivity index (χ1n) is 5.54. The summed E-state index contributed by atoms with van der Waals surface area (Å²) in [6.45, 7) is 0. The monoisotopic (exact) mass is 274 g/mol. The van der Waals surface area contributed by atoms with E-state index < -0.39 is 11.9 Å². The Balaban J connectivity index is 2.24. The minimum absolute atomic E-state index is 0.217. The third-order valence-electron chi connectivity index (χ3n) is 2.53. The third-order valence-corrected chi connectivity index (χ3v) is 2.53. The van der Waals surface area contributed by atoms with Crippen LogP contribution in [0.2, 0.25) is 0 Å². The minimum atomic E-state index is -1.30. The van der Waals surface area contributed by atoms with Crippen LogP contribution in [-0.4, -0.2) is 27.1 Å². The molecule has 0 unspecified atom stereocenters. The zero-order chi connectivity index (χ0) is 14.7. The number of aromatic nitrogens is 1. The number of carbonyl (C=O) groups is 2. The molecular formula is C13H10N2O5. The maximum absolute atomic E-state index is 11.8. The molecule has 2 aromatic rings. The van der Waals surface area contributed by atoms with Gasteiger partial charge in [-0.1, -0.05) is 0 Å². The lowest BCUT2D eigenvalue weighted by molar-refractivity contribution is 0.0693. The van der Waals surface area contributed by atoms with Gasteiger partial charge in [0.05, 0.1) is 5.56 Å². The van der Waals surface area contributed by atoms with Gasteiger partial charge in [0.2, 0.25) is 5.56 Å². The number of nitrogens with one attached hydrogen (secondary N) is 2. The van der Waals surface area contributed by atoms with E-state index in [1.807, 2.05) is 0 Å². The fourth-order valence-electron chi connectivity index (χ4n) is 1.54. The van der Waals surface area contributed by atoms with Gasteiger partial charge in [0.15, 0.2) is 0 Å². The van der Waals surface area contributed by atoms with Crippen LogP contribution in [0, 0.1) is 0 Å². The number of amides is 1. The number of H-pyrrole nitrogens is 1. The summed E-state index contributed by atoms with van der Waals surface area (Å²) < 4.78 is 0. The Morgan fingerprint density at radius 1 is 1.15 bits per heavy atom. The van der Waals surface area contributed by atoms with Gasteiger partial charge in [-0.05, 0) is 24.3 Å². The van der Waals surface area contributed by atoms with Gasteiger partial charge < -0.3 is 20.5 Å². The van der Waals surface area contributed by atoms with Crippen molar-refractivity contribution in [3.63, 3.8) is 0 Å². The fourth-order valence-corrected chi connectivity index (χ4v) is 1.54. The molecule has 20 heavy (non-hydrogen) atoms. The second-order valence-corrected chi connectivity index (χ2v) is 3.93. The summed E-state index contributed by atoms with van der Waals surface area (Å²) in [6.07, 6.45) is 1.25. The Morgan fingerprint density at radius 3 is 2.50 bits per heavy atom. The van der Waals surface area contributed by atoms with Crippen molar-refractivity contribution in [2.45, 2.75) is 0 Å². The Kier molecular flexibility index (Phi) is 3.52. The van der Waals surface area contributed by atoms with Gasteiger partial charge in [-0.15, -0.1) is 0 Å². The SMILES string of the molecule is O=C(Nc1ccc(O)c(C(=O)O)c1)c1ccc(=O)[nH]c1. The topological polar surface area (TPSA) is 119 Å². The molecule has 0 bridgehead atoms. The minimum Gasteiger partial charge on any atom is -0.507 e. The lowest BCUT2D eigenvalue weighted by Crippen LogP contribution is -2.14. The Hall–Kier alpha value is -3.09. The van der Waals surface area contributed by atoms with Crippen LogP contribution in [0.1, 0.15) is 20.7 Å². The summed E-state index contributed by atoms with van der Waals surface area (Å²) in [5.74, 6) is -2.20. The van der Waals surface area contributed by atoms with Crippen LogP contribution in [0.3, 0.4) is 0 Å². The van der Waals surface area contributed by atoms with Gasteiger partial charge in [-0.25, -0.2) is 4.79 Å². The molecule has 1 amide bonds. The molecule has 102 valence electrons. The van der Waals surface area contributed by atoms with Crippen molar-refractivity contribution in [1.29, 1.82) is 0 Å². The molecule has 1 heterocycles. The Labute approximate surface area is 112 Å². The van der Waals surface area contributed by atoms with Gasteiger partial charge in [0.1, 0.15) is 11.3 Å². The molecule has 0 saturated heterocycles. The van der Waals surface area contributed by atoms with Crippen LogP contribution in [0.15, 0.2) is 41.3 Å². The number of aromatic carboxylic acids is 1. The Bertz CT molecular complexity index is 715. The molecule has 0 aliphatic heterocycles. The summed E-state index contributed by atoms with van der Waals surface area (Å²) in [7, 11) is 0. The third kappa shape index (κ3) is 2.83. The molecular weight excluding hydrogens is 264 g/mol. The lowest BCUT2D eigenvalue weighted by Gasteiger charge is -2.07. The lowest BCUT2D eigenvalue weighted by atomic mass is 10.1. The number of hydrogen-bond acceptors (Lipinski definition) is 4. The van der Waals surface area contributed by atoms with E-state index in [9.17, 15) is 19.5 Å². The van der Waals surface area contributed by atoms with Gasteiger partial charge in [0, 0.05) is 18.0 Å². The Morgan fingerprint density at radius 2 is 1.90 bits per heavy atom. The molecule has 1 aromatic heterocycles. The first kappa shape index (κ1) is 13.3. The van der Waals surface area contributed by atoms with E-state index in [1.54, 1.807) is 0 Å². The van der Waals surface area contributed by atoms with Crippen molar-refractivity contribution in [3.8, 4) is 5.75 Å². The molecule has 0 aliphatic rings. The first-order valence-corrected chi connectivity index (χ1v) is 5.54. The summed E-state index contributed by atoms with van der Waals surface area (Å²) in [5.41, 5.74) is -0.213. The summed E-state index contributed by atoms with van der Waals surface area (Å²) in [4.78, 5) is 35.9. The van der Waals surface area contributed by atoms with E-state index in [0.717, 1.165) is 6.07 Å². The molecule has 0 spiro atoms. The van der Waals surface area contributed by atoms with E-state index in [-0.39, 0.29) is 28.1 Å². The highest BCUT2D eigenvalue weighted by Crippen LogP contribution is 2.21. The van der Waals surface area contributed by atoms with Crippen molar-refractivity contribution in [3.05, 3.63) is 58.0 Å². The molecule has 4 N–H and O–H groups in total. The summed E-state index contributed by atoms with van der Waals surface area (Å²) >= 11 is 0. The second-order valence-electron chi connectivity index (χ2n) is 3.93. The van der Waals surface area contributed by atoms with Crippen molar-refractivity contribution >= 4 is 17.6 Å². The smallest absolute Gasteiger partial charge is 0.339 e. The number of carbonyl (C=O) groups excluding carboxylic acids is 1. The van der Waals surface area contributed by atoms with Crippen LogP contribution in [0.4, 0.5) is 5.69 Å². The zero-order valence-electron chi connectivity index (χ0n) is 10.1. The molecule has 7 heteroatoms. The van der Waals surface area contributed by atoms with E-state index >= 15 is 0 Å². The van der Waals surface area contributed by atoms with Gasteiger partial charge in [0.25, 0.3) is 5.91 Å². The van der Waals surface area contributed by atoms with E-state index in [4.69, 9.17) is 5.11 Å². The van der Waals surface area contributed by atoms with E-state index in [1.165, 1.54) is 30.5 Å². The van der Waals surface area contributed by atoms with E-state index in [0.29, 0.717) is 0 Å². The highest BCUT2D eigenvalue weighted by Gasteiger charge is 2.12. The summed E-state index contributed by atoms with van der Waals surface area (Å²) in [6, 6.07) is 6.22. The van der Waals surface area contributed by atoms with Crippen molar-refractivity contribution < 1.29 is 19.8 Å². The summed E-state index contributed by atoms with van der Waals surface area (Å²) in [5, 5.41) is 20.7. The molecule has 0 radical (unpaired) electrons.